The number of Topliss-reactive ketones (excluding diaryl/α,β-unsaturated/α-hetero) is 1. The zero-order valence-corrected chi connectivity index (χ0v) is 20.2. The van der Waals surface area contributed by atoms with Crippen LogP contribution in [0.15, 0.2) is 23.0 Å². The Morgan fingerprint density at radius 3 is 2.44 bits per heavy atom. The van der Waals surface area contributed by atoms with Crippen molar-refractivity contribution in [2.24, 2.45) is 28.1 Å². The summed E-state index contributed by atoms with van der Waals surface area (Å²) >= 11 is 0. The molecule has 3 fully saturated rings. The third-order valence-corrected chi connectivity index (χ3v) is 8.90. The summed E-state index contributed by atoms with van der Waals surface area (Å²) in [7, 11) is 1.29. The van der Waals surface area contributed by atoms with Gasteiger partial charge in [-0.15, -0.1) is 0 Å². The fraction of sp³-hybridized carbons (Fsp3) is 0.680. The second kappa shape index (κ2) is 8.22. The highest BCUT2D eigenvalue weighted by atomic mass is 16.6. The lowest BCUT2D eigenvalue weighted by atomic mass is 9.37. The van der Waals surface area contributed by atoms with E-state index >= 15 is 0 Å². The molecule has 1 aromatic rings. The lowest BCUT2D eigenvalue weighted by molar-refractivity contribution is -0.259. The van der Waals surface area contributed by atoms with Crippen molar-refractivity contribution in [3.8, 4) is 0 Å². The molecule has 1 aromatic heterocycles. The summed E-state index contributed by atoms with van der Waals surface area (Å²) in [4.78, 5) is 51.9. The molecule has 2 saturated carbocycles. The Balaban J connectivity index is 1.94. The predicted molar refractivity (Wildman–Crippen MR) is 116 cm³/mol. The largest absolute Gasteiger partial charge is 0.472 e. The van der Waals surface area contributed by atoms with Crippen molar-refractivity contribution >= 4 is 23.7 Å². The van der Waals surface area contributed by atoms with Gasteiger partial charge >= 0.3 is 17.9 Å². The van der Waals surface area contributed by atoms with E-state index < -0.39 is 64.3 Å². The molecule has 0 radical (unpaired) electrons. The number of fused-ring (bicyclic) bond motifs is 3. The topological polar surface area (TPSA) is 129 Å². The number of hydrogen-bond acceptors (Lipinski definition) is 9. The van der Waals surface area contributed by atoms with Gasteiger partial charge in [0.05, 0.1) is 31.7 Å². The maximum absolute atomic E-state index is 13.6. The Morgan fingerprint density at radius 1 is 1.18 bits per heavy atom. The maximum atomic E-state index is 13.6. The normalized spacial score (nSPS) is 41.5. The fourth-order valence-corrected chi connectivity index (χ4v) is 7.39. The number of hydrogen-bond donors (Lipinski definition) is 1. The van der Waals surface area contributed by atoms with E-state index in [4.69, 9.17) is 18.6 Å². The van der Waals surface area contributed by atoms with Gasteiger partial charge in [-0.05, 0) is 44.1 Å². The summed E-state index contributed by atoms with van der Waals surface area (Å²) in [5.41, 5.74) is -2.77. The molecule has 4 rings (SSSR count). The standard InChI is InChI=1S/C25H32O9/c1-13(26)25-8-7-23(3)16(21(29)31-5)10-17(28)19(33-14(2)27)20(23)24(25,4)11-18(34-22(25)30)15-6-9-32-12-15/h6,9,12,16-20,28H,7-8,10-11H2,1-5H3/t16-,17-,18-,19-,20-,23-,24+,25+/m0/s1. The molecule has 8 atom stereocenters. The molecule has 2 heterocycles. The minimum atomic E-state index is -1.51. The van der Waals surface area contributed by atoms with Crippen molar-refractivity contribution in [3.05, 3.63) is 24.2 Å². The summed E-state index contributed by atoms with van der Waals surface area (Å²) in [5, 5.41) is 11.1. The number of rotatable bonds is 4. The number of esters is 3. The SMILES string of the molecule is COC(=O)[C@@H]1C[C@H](O)[C@H](OC(C)=O)[C@H]2[C@@]1(C)CC[C@@]1(C(C)=O)C(=O)O[C@H](c3ccoc3)C[C@]21C. The van der Waals surface area contributed by atoms with Crippen molar-refractivity contribution in [2.45, 2.75) is 71.7 Å². The van der Waals surface area contributed by atoms with E-state index in [1.54, 1.807) is 6.07 Å². The first-order valence-electron chi connectivity index (χ1n) is 11.6. The molecule has 34 heavy (non-hydrogen) atoms. The van der Waals surface area contributed by atoms with Gasteiger partial charge in [0.1, 0.15) is 23.4 Å². The van der Waals surface area contributed by atoms with Crippen LogP contribution in [-0.2, 0) is 33.4 Å². The van der Waals surface area contributed by atoms with Gasteiger partial charge in [0.2, 0.25) is 0 Å². The van der Waals surface area contributed by atoms with Crippen LogP contribution >= 0.6 is 0 Å². The first kappa shape index (κ1) is 24.4. The molecule has 186 valence electrons. The first-order chi connectivity index (χ1) is 15.9. The number of ether oxygens (including phenoxy) is 3. The average molecular weight is 477 g/mol. The van der Waals surface area contributed by atoms with Gasteiger partial charge in [0.15, 0.2) is 0 Å². The smallest absolute Gasteiger partial charge is 0.320 e. The highest BCUT2D eigenvalue weighted by molar-refractivity contribution is 6.04. The Hall–Kier alpha value is -2.68. The van der Waals surface area contributed by atoms with Crippen LogP contribution in [0, 0.1) is 28.1 Å². The number of carbonyl (C=O) groups excluding carboxylic acids is 4. The van der Waals surface area contributed by atoms with E-state index in [1.807, 2.05) is 13.8 Å². The quantitative estimate of drug-likeness (QED) is 0.396. The summed E-state index contributed by atoms with van der Waals surface area (Å²) < 4.78 is 21.8. The molecule has 0 aromatic carbocycles. The second-order valence-corrected chi connectivity index (χ2v) is 10.5. The zero-order valence-electron chi connectivity index (χ0n) is 20.2. The third-order valence-electron chi connectivity index (χ3n) is 8.90. The summed E-state index contributed by atoms with van der Waals surface area (Å²) in [6.45, 7) is 6.36. The summed E-state index contributed by atoms with van der Waals surface area (Å²) in [5.74, 6) is -3.44. The van der Waals surface area contributed by atoms with Crippen LogP contribution < -0.4 is 0 Å². The number of methoxy groups -OCH3 is 1. The highest BCUT2D eigenvalue weighted by Gasteiger charge is 2.75. The van der Waals surface area contributed by atoms with Crippen LogP contribution in [0.25, 0.3) is 0 Å². The van der Waals surface area contributed by atoms with E-state index in [-0.39, 0.29) is 25.0 Å². The Labute approximate surface area is 198 Å². The molecule has 0 unspecified atom stereocenters. The van der Waals surface area contributed by atoms with Gasteiger partial charge in [0, 0.05) is 23.8 Å². The molecule has 9 heteroatoms. The maximum Gasteiger partial charge on any atom is 0.320 e. The monoisotopic (exact) mass is 476 g/mol. The van der Waals surface area contributed by atoms with Gasteiger partial charge in [-0.1, -0.05) is 13.8 Å². The summed E-state index contributed by atoms with van der Waals surface area (Å²) in [6, 6.07) is 1.70. The van der Waals surface area contributed by atoms with Gasteiger partial charge in [-0.3, -0.25) is 19.2 Å². The molecule has 0 bridgehead atoms. The van der Waals surface area contributed by atoms with Crippen LogP contribution in [0.2, 0.25) is 0 Å². The van der Waals surface area contributed by atoms with Gasteiger partial charge in [-0.2, -0.15) is 0 Å². The minimum absolute atomic E-state index is 0.0520. The fourth-order valence-electron chi connectivity index (χ4n) is 7.39. The van der Waals surface area contributed by atoms with Crippen LogP contribution in [0.5, 0.6) is 0 Å². The number of aliphatic hydroxyl groups excluding tert-OH is 1. The lowest BCUT2D eigenvalue weighted by Crippen LogP contribution is -2.71. The van der Waals surface area contributed by atoms with Crippen molar-refractivity contribution in [1.82, 2.24) is 0 Å². The van der Waals surface area contributed by atoms with E-state index in [1.165, 1.54) is 33.5 Å². The van der Waals surface area contributed by atoms with Crippen LogP contribution in [0.4, 0.5) is 0 Å². The predicted octanol–water partition coefficient (Wildman–Crippen LogP) is 2.75. The number of cyclic esters (lactones) is 1. The van der Waals surface area contributed by atoms with E-state index in [0.29, 0.717) is 12.0 Å². The van der Waals surface area contributed by atoms with Gasteiger partial charge < -0.3 is 23.7 Å². The average Bonchev–Trinajstić information content (AvgIpc) is 3.29. The van der Waals surface area contributed by atoms with Crippen molar-refractivity contribution in [2.75, 3.05) is 7.11 Å². The van der Waals surface area contributed by atoms with Crippen LogP contribution in [-0.4, -0.2) is 48.1 Å². The molecule has 0 amide bonds. The van der Waals surface area contributed by atoms with Crippen molar-refractivity contribution in [1.29, 1.82) is 0 Å². The molecular weight excluding hydrogens is 444 g/mol. The number of carbonyl (C=O) groups is 4. The molecule has 1 N–H and O–H groups in total. The van der Waals surface area contributed by atoms with E-state index in [0.717, 1.165) is 0 Å². The van der Waals surface area contributed by atoms with E-state index in [2.05, 4.69) is 0 Å². The van der Waals surface area contributed by atoms with Crippen LogP contribution in [0.1, 0.15) is 65.0 Å². The lowest BCUT2D eigenvalue weighted by Gasteiger charge is -2.66. The molecule has 3 aliphatic rings. The Kier molecular flexibility index (Phi) is 5.91. The number of aliphatic hydroxyl groups is 1. The Morgan fingerprint density at radius 2 is 1.88 bits per heavy atom. The molecule has 2 aliphatic carbocycles. The third kappa shape index (κ3) is 3.23. The number of ketones is 1. The molecule has 9 nitrogen and oxygen atoms in total. The van der Waals surface area contributed by atoms with Crippen molar-refractivity contribution in [3.63, 3.8) is 0 Å². The van der Waals surface area contributed by atoms with Gasteiger partial charge in [0.25, 0.3) is 0 Å². The molecule has 0 spiro atoms. The Bertz CT molecular complexity index is 1000. The summed E-state index contributed by atoms with van der Waals surface area (Å²) in [6.07, 6.45) is 0.872. The van der Waals surface area contributed by atoms with Crippen molar-refractivity contribution < 1.29 is 42.9 Å². The zero-order chi connectivity index (χ0) is 25.1. The molecular formula is C25H32O9. The number of furan rings is 1. The minimum Gasteiger partial charge on any atom is -0.472 e. The van der Waals surface area contributed by atoms with E-state index in [9.17, 15) is 24.3 Å². The molecule has 1 aliphatic heterocycles. The first-order valence-corrected chi connectivity index (χ1v) is 11.6. The van der Waals surface area contributed by atoms with Gasteiger partial charge in [-0.25, -0.2) is 0 Å². The highest BCUT2D eigenvalue weighted by Crippen LogP contribution is 2.70. The van der Waals surface area contributed by atoms with Crippen LogP contribution in [0.3, 0.4) is 0 Å². The second-order valence-electron chi connectivity index (χ2n) is 10.5. The molecule has 1 saturated heterocycles.